The highest BCUT2D eigenvalue weighted by Crippen LogP contribution is 2.35. The molecule has 1 heterocycles. The van der Waals surface area contributed by atoms with Gasteiger partial charge in [-0.15, -0.1) is 0 Å². The molecule has 3 aromatic carbocycles. The third-order valence-electron chi connectivity index (χ3n) is 4.90. The molecule has 3 aromatic rings. The summed E-state index contributed by atoms with van der Waals surface area (Å²) in [6.45, 7) is 1.95. The lowest BCUT2D eigenvalue weighted by atomic mass is 10.1. The number of nitrogens with zero attached hydrogens (tertiary/aromatic N) is 1. The molecule has 0 radical (unpaired) electrons. The highest BCUT2D eigenvalue weighted by molar-refractivity contribution is 6.08. The second-order valence-electron chi connectivity index (χ2n) is 6.87. The molecule has 1 N–H and O–H groups in total. The molecule has 0 atom stereocenters. The van der Waals surface area contributed by atoms with Crippen LogP contribution in [0.3, 0.4) is 0 Å². The first-order chi connectivity index (χ1) is 14.4. The quantitative estimate of drug-likeness (QED) is 0.698. The predicted octanol–water partition coefficient (Wildman–Crippen LogP) is 4.39. The average molecular weight is 406 g/mol. The first-order valence-corrected chi connectivity index (χ1v) is 9.28. The van der Waals surface area contributed by atoms with Gasteiger partial charge >= 0.3 is 0 Å². The van der Waals surface area contributed by atoms with E-state index in [1.165, 1.54) is 23.1 Å². The van der Waals surface area contributed by atoms with E-state index in [0.717, 1.165) is 5.56 Å². The van der Waals surface area contributed by atoms with Crippen LogP contribution < -0.4 is 19.7 Å². The largest absolute Gasteiger partial charge is 0.454 e. The van der Waals surface area contributed by atoms with Crippen molar-refractivity contribution in [3.8, 4) is 11.5 Å². The number of ether oxygens (including phenoxy) is 2. The Bertz CT molecular complexity index is 1150. The topological polar surface area (TPSA) is 67.9 Å². The normalized spacial score (nSPS) is 11.8. The Kier molecular flexibility index (Phi) is 5.10. The Balaban J connectivity index is 1.57. The van der Waals surface area contributed by atoms with Crippen molar-refractivity contribution >= 4 is 23.2 Å². The monoisotopic (exact) mass is 406 g/mol. The van der Waals surface area contributed by atoms with Gasteiger partial charge in [-0.25, -0.2) is 4.39 Å². The summed E-state index contributed by atoms with van der Waals surface area (Å²) in [5.41, 5.74) is 2.15. The summed E-state index contributed by atoms with van der Waals surface area (Å²) in [7, 11) is 1.65. The molecule has 0 saturated carbocycles. The smallest absolute Gasteiger partial charge is 0.258 e. The van der Waals surface area contributed by atoms with E-state index in [0.29, 0.717) is 28.4 Å². The first-order valence-electron chi connectivity index (χ1n) is 9.28. The Morgan fingerprint density at radius 1 is 1.00 bits per heavy atom. The zero-order valence-corrected chi connectivity index (χ0v) is 16.4. The molecule has 0 saturated heterocycles. The summed E-state index contributed by atoms with van der Waals surface area (Å²) in [6.07, 6.45) is 0. The number of hydrogen-bond donors (Lipinski definition) is 1. The SMILES string of the molecule is Cc1ccc(C(=O)N(C)c2ccc3c(c2)OCO3)cc1NC(=O)c1ccccc1F. The van der Waals surface area contributed by atoms with Crippen molar-refractivity contribution in [2.24, 2.45) is 0 Å². The van der Waals surface area contributed by atoms with E-state index in [-0.39, 0.29) is 18.3 Å². The van der Waals surface area contributed by atoms with Crippen LogP contribution in [0, 0.1) is 12.7 Å². The molecule has 0 aliphatic carbocycles. The zero-order chi connectivity index (χ0) is 21.3. The Morgan fingerprint density at radius 3 is 2.57 bits per heavy atom. The van der Waals surface area contributed by atoms with E-state index in [2.05, 4.69) is 5.32 Å². The molecule has 7 heteroatoms. The Hall–Kier alpha value is -3.87. The van der Waals surface area contributed by atoms with Gasteiger partial charge in [0.2, 0.25) is 6.79 Å². The lowest BCUT2D eigenvalue weighted by Crippen LogP contribution is -2.26. The first kappa shape index (κ1) is 19.4. The highest BCUT2D eigenvalue weighted by atomic mass is 19.1. The molecule has 6 nitrogen and oxygen atoms in total. The molecule has 0 spiro atoms. The van der Waals surface area contributed by atoms with Crippen molar-refractivity contribution in [2.45, 2.75) is 6.92 Å². The minimum Gasteiger partial charge on any atom is -0.454 e. The number of hydrogen-bond acceptors (Lipinski definition) is 4. The molecule has 0 bridgehead atoms. The van der Waals surface area contributed by atoms with Crippen LogP contribution in [0.25, 0.3) is 0 Å². The van der Waals surface area contributed by atoms with E-state index in [1.54, 1.807) is 56.4 Å². The maximum absolute atomic E-state index is 13.9. The maximum Gasteiger partial charge on any atom is 0.258 e. The number of nitrogens with one attached hydrogen (secondary N) is 1. The fourth-order valence-electron chi connectivity index (χ4n) is 3.13. The number of benzene rings is 3. The van der Waals surface area contributed by atoms with Crippen molar-refractivity contribution in [3.05, 3.63) is 83.2 Å². The molecule has 0 unspecified atom stereocenters. The molecule has 0 fully saturated rings. The van der Waals surface area contributed by atoms with Gasteiger partial charge in [-0.3, -0.25) is 9.59 Å². The number of aryl methyl sites for hydroxylation is 1. The minimum absolute atomic E-state index is 0.0638. The lowest BCUT2D eigenvalue weighted by molar-refractivity contribution is 0.0989. The fourth-order valence-corrected chi connectivity index (χ4v) is 3.13. The Morgan fingerprint density at radius 2 is 1.77 bits per heavy atom. The van der Waals surface area contributed by atoms with Crippen molar-refractivity contribution in [2.75, 3.05) is 24.1 Å². The molecule has 2 amide bonds. The second kappa shape index (κ2) is 7.87. The van der Waals surface area contributed by atoms with Gasteiger partial charge in [-0.05, 0) is 48.9 Å². The summed E-state index contributed by atoms with van der Waals surface area (Å²) in [5, 5.41) is 2.69. The molecule has 1 aliphatic rings. The van der Waals surface area contributed by atoms with E-state index < -0.39 is 11.7 Å². The van der Waals surface area contributed by atoms with Crippen LogP contribution in [0.5, 0.6) is 11.5 Å². The zero-order valence-electron chi connectivity index (χ0n) is 16.4. The molecule has 1 aliphatic heterocycles. The van der Waals surface area contributed by atoms with Gasteiger partial charge < -0.3 is 19.7 Å². The lowest BCUT2D eigenvalue weighted by Gasteiger charge is -2.19. The second-order valence-corrected chi connectivity index (χ2v) is 6.87. The van der Waals surface area contributed by atoms with Crippen LogP contribution in [0.4, 0.5) is 15.8 Å². The maximum atomic E-state index is 13.9. The van der Waals surface area contributed by atoms with Gasteiger partial charge in [0.15, 0.2) is 11.5 Å². The van der Waals surface area contributed by atoms with Crippen molar-refractivity contribution in [1.82, 2.24) is 0 Å². The molecule has 152 valence electrons. The number of carbonyl (C=O) groups excluding carboxylic acids is 2. The van der Waals surface area contributed by atoms with Gasteiger partial charge in [0.25, 0.3) is 11.8 Å². The summed E-state index contributed by atoms with van der Waals surface area (Å²) in [4.78, 5) is 26.9. The van der Waals surface area contributed by atoms with Gasteiger partial charge in [0.1, 0.15) is 5.82 Å². The van der Waals surface area contributed by atoms with Crippen LogP contribution in [0.15, 0.2) is 60.7 Å². The highest BCUT2D eigenvalue weighted by Gasteiger charge is 2.20. The van der Waals surface area contributed by atoms with E-state index in [1.807, 2.05) is 0 Å². The molecule has 4 rings (SSSR count). The summed E-state index contributed by atoms with van der Waals surface area (Å²) in [5.74, 6) is -0.246. The number of carbonyl (C=O) groups is 2. The average Bonchev–Trinajstić information content (AvgIpc) is 3.22. The summed E-state index contributed by atoms with van der Waals surface area (Å²) < 4.78 is 24.6. The standard InChI is InChI=1S/C23H19FN2O4/c1-14-7-8-15(11-19(14)25-22(27)17-5-3-4-6-18(17)24)23(28)26(2)16-9-10-20-21(12-16)30-13-29-20/h3-12H,13H2,1-2H3,(H,25,27). The minimum atomic E-state index is -0.609. The van der Waals surface area contributed by atoms with Gasteiger partial charge in [-0.2, -0.15) is 0 Å². The van der Waals surface area contributed by atoms with Gasteiger partial charge in [-0.1, -0.05) is 18.2 Å². The fraction of sp³-hybridized carbons (Fsp3) is 0.130. The van der Waals surface area contributed by atoms with Gasteiger partial charge in [0.05, 0.1) is 5.56 Å². The van der Waals surface area contributed by atoms with Crippen LogP contribution in [-0.2, 0) is 0 Å². The third-order valence-corrected chi connectivity index (χ3v) is 4.90. The molecular weight excluding hydrogens is 387 g/mol. The van der Waals surface area contributed by atoms with Gasteiger partial charge in [0, 0.05) is 30.1 Å². The van der Waals surface area contributed by atoms with Crippen molar-refractivity contribution < 1.29 is 23.5 Å². The number of rotatable bonds is 4. The summed E-state index contributed by atoms with van der Waals surface area (Å²) >= 11 is 0. The molecule has 0 aromatic heterocycles. The van der Waals surface area contributed by atoms with E-state index in [9.17, 15) is 14.0 Å². The van der Waals surface area contributed by atoms with E-state index >= 15 is 0 Å². The number of anilines is 2. The van der Waals surface area contributed by atoms with Crippen molar-refractivity contribution in [3.63, 3.8) is 0 Å². The number of halogens is 1. The number of fused-ring (bicyclic) bond motifs is 1. The van der Waals surface area contributed by atoms with E-state index in [4.69, 9.17) is 9.47 Å². The Labute approximate surface area is 172 Å². The summed E-state index contributed by atoms with van der Waals surface area (Å²) in [6, 6.07) is 16.0. The number of amides is 2. The third kappa shape index (κ3) is 3.69. The van der Waals surface area contributed by atoms with Crippen LogP contribution in [0.1, 0.15) is 26.3 Å². The molecular formula is C23H19FN2O4. The van der Waals surface area contributed by atoms with Crippen molar-refractivity contribution in [1.29, 1.82) is 0 Å². The predicted molar refractivity (Wildman–Crippen MR) is 111 cm³/mol. The van der Waals surface area contributed by atoms with Crippen LogP contribution in [0.2, 0.25) is 0 Å². The van der Waals surface area contributed by atoms with Crippen LogP contribution in [-0.4, -0.2) is 25.7 Å². The molecule has 30 heavy (non-hydrogen) atoms. The van der Waals surface area contributed by atoms with Crippen LogP contribution >= 0.6 is 0 Å².